The number of aromatic nitrogens is 2. The molecule has 2 N–H and O–H groups in total. The minimum Gasteiger partial charge on any atom is -0.368 e. The molecule has 1 aromatic heterocycles. The molecular weight excluding hydrogens is 524 g/mol. The van der Waals surface area contributed by atoms with E-state index in [9.17, 15) is 13.2 Å². The van der Waals surface area contributed by atoms with Crippen LogP contribution in [0, 0.1) is 0 Å². The van der Waals surface area contributed by atoms with E-state index in [0.717, 1.165) is 46.5 Å². The summed E-state index contributed by atoms with van der Waals surface area (Å²) in [5.41, 5.74) is 3.87. The number of carbonyl (C=O) groups excluding carboxylic acids is 1. The van der Waals surface area contributed by atoms with Crippen LogP contribution in [0.2, 0.25) is 0 Å². The Morgan fingerprint density at radius 2 is 1.62 bits per heavy atom. The second kappa shape index (κ2) is 10.9. The van der Waals surface area contributed by atoms with Gasteiger partial charge in [0.2, 0.25) is 21.9 Å². The number of carbonyl (C=O) groups is 1. The van der Waals surface area contributed by atoms with Gasteiger partial charge >= 0.3 is 0 Å². The topological polar surface area (TPSA) is 108 Å². The fourth-order valence-electron chi connectivity index (χ4n) is 4.81. The third-order valence-electron chi connectivity index (χ3n) is 6.72. The predicted molar refractivity (Wildman–Crippen MR) is 159 cm³/mol. The lowest BCUT2D eigenvalue weighted by Crippen LogP contribution is -2.48. The normalized spacial score (nSPS) is 14.4. The van der Waals surface area contributed by atoms with E-state index in [4.69, 9.17) is 4.98 Å². The second-order valence-electron chi connectivity index (χ2n) is 11.0. The van der Waals surface area contributed by atoms with Crippen molar-refractivity contribution in [1.82, 2.24) is 19.6 Å². The molecule has 2 heterocycles. The molecule has 0 atom stereocenters. The highest BCUT2D eigenvalue weighted by molar-refractivity contribution is 7.89. The molecule has 0 spiro atoms. The molecule has 0 bridgehead atoms. The molecule has 3 aromatic carbocycles. The van der Waals surface area contributed by atoms with Gasteiger partial charge in [-0.25, -0.2) is 23.1 Å². The van der Waals surface area contributed by atoms with Crippen molar-refractivity contribution in [2.75, 3.05) is 36.4 Å². The summed E-state index contributed by atoms with van der Waals surface area (Å²) in [5.74, 6) is 0.577. The third-order valence-corrected chi connectivity index (χ3v) is 8.49. The number of fused-ring (bicyclic) bond motifs is 1. The van der Waals surface area contributed by atoms with E-state index < -0.39 is 15.6 Å². The summed E-state index contributed by atoms with van der Waals surface area (Å²) in [5, 5.41) is 4.21. The lowest BCUT2D eigenvalue weighted by Gasteiger charge is -2.35. The van der Waals surface area contributed by atoms with Crippen molar-refractivity contribution in [3.8, 4) is 11.1 Å². The lowest BCUT2D eigenvalue weighted by molar-refractivity contribution is -0.129. The van der Waals surface area contributed by atoms with Gasteiger partial charge in [-0.05, 0) is 56.7 Å². The molecule has 10 heteroatoms. The van der Waals surface area contributed by atoms with Gasteiger partial charge in [-0.3, -0.25) is 4.79 Å². The van der Waals surface area contributed by atoms with Gasteiger partial charge in [0.1, 0.15) is 0 Å². The van der Waals surface area contributed by atoms with Gasteiger partial charge in [0.25, 0.3) is 0 Å². The summed E-state index contributed by atoms with van der Waals surface area (Å²) < 4.78 is 28.2. The van der Waals surface area contributed by atoms with Gasteiger partial charge in [-0.15, -0.1) is 0 Å². The van der Waals surface area contributed by atoms with Crippen LogP contribution in [-0.4, -0.2) is 60.9 Å². The van der Waals surface area contributed by atoms with Gasteiger partial charge < -0.3 is 15.1 Å². The Kier molecular flexibility index (Phi) is 7.48. The molecular formula is C30H34N6O3S. The molecule has 208 valence electrons. The standard InChI is InChI=1S/C30H34N6O3S/c1-21(37)35-15-17-36(18-16-35)25-9-6-8-24(19-25)32-29-31-20-23-7-5-10-27(28(23)33-29)22-11-13-26(14-12-22)40(38,39)34-30(2,3)4/h5-14,19-20,34H,15-18H2,1-4H3,(H,31,32,33). The highest BCUT2D eigenvalue weighted by Crippen LogP contribution is 2.30. The van der Waals surface area contributed by atoms with Crippen LogP contribution in [0.4, 0.5) is 17.3 Å². The van der Waals surface area contributed by atoms with E-state index in [1.807, 2.05) is 56.0 Å². The zero-order chi connectivity index (χ0) is 28.5. The van der Waals surface area contributed by atoms with Gasteiger partial charge in [-0.2, -0.15) is 0 Å². The number of rotatable bonds is 6. The van der Waals surface area contributed by atoms with Gasteiger partial charge in [0, 0.05) is 67.2 Å². The number of amides is 1. The summed E-state index contributed by atoms with van der Waals surface area (Å²) >= 11 is 0. The predicted octanol–water partition coefficient (Wildman–Crippen LogP) is 4.79. The van der Waals surface area contributed by atoms with E-state index in [0.29, 0.717) is 19.0 Å². The summed E-state index contributed by atoms with van der Waals surface area (Å²) in [4.78, 5) is 25.4. The van der Waals surface area contributed by atoms with Crippen LogP contribution in [0.3, 0.4) is 0 Å². The Balaban J connectivity index is 1.38. The Labute approximate surface area is 235 Å². The summed E-state index contributed by atoms with van der Waals surface area (Å²) in [6.45, 7) is 10.0. The number of anilines is 3. The van der Waals surface area contributed by atoms with Crippen molar-refractivity contribution in [3.05, 3.63) is 72.9 Å². The minimum absolute atomic E-state index is 0.112. The lowest BCUT2D eigenvalue weighted by atomic mass is 10.0. The van der Waals surface area contributed by atoms with Crippen molar-refractivity contribution in [2.45, 2.75) is 38.1 Å². The number of piperazine rings is 1. The van der Waals surface area contributed by atoms with Crippen molar-refractivity contribution < 1.29 is 13.2 Å². The average molecular weight is 559 g/mol. The molecule has 1 saturated heterocycles. The smallest absolute Gasteiger partial charge is 0.241 e. The Bertz CT molecular complexity index is 1640. The fraction of sp³-hybridized carbons (Fsp3) is 0.300. The Morgan fingerprint density at radius 3 is 2.30 bits per heavy atom. The number of nitrogens with one attached hydrogen (secondary N) is 2. The van der Waals surface area contributed by atoms with E-state index >= 15 is 0 Å². The maximum Gasteiger partial charge on any atom is 0.241 e. The second-order valence-corrected chi connectivity index (χ2v) is 12.7. The zero-order valence-corrected chi connectivity index (χ0v) is 24.0. The quantitative estimate of drug-likeness (QED) is 0.351. The zero-order valence-electron chi connectivity index (χ0n) is 23.2. The number of sulfonamides is 1. The molecule has 4 aromatic rings. The van der Waals surface area contributed by atoms with E-state index in [-0.39, 0.29) is 10.8 Å². The van der Waals surface area contributed by atoms with E-state index in [2.05, 4.69) is 32.1 Å². The molecule has 1 aliphatic rings. The Morgan fingerprint density at radius 1 is 0.925 bits per heavy atom. The summed E-state index contributed by atoms with van der Waals surface area (Å²) in [6, 6.07) is 20.8. The van der Waals surface area contributed by atoms with Gasteiger partial charge in [0.05, 0.1) is 10.4 Å². The minimum atomic E-state index is -3.63. The molecule has 1 amide bonds. The van der Waals surface area contributed by atoms with Crippen LogP contribution >= 0.6 is 0 Å². The van der Waals surface area contributed by atoms with Crippen molar-refractivity contribution >= 4 is 44.2 Å². The van der Waals surface area contributed by atoms with Crippen LogP contribution < -0.4 is 14.9 Å². The molecule has 5 rings (SSSR count). The number of para-hydroxylation sites is 1. The first kappa shape index (κ1) is 27.5. The molecule has 9 nitrogen and oxygen atoms in total. The van der Waals surface area contributed by atoms with E-state index in [1.165, 1.54) is 0 Å². The van der Waals surface area contributed by atoms with Crippen molar-refractivity contribution in [3.63, 3.8) is 0 Å². The van der Waals surface area contributed by atoms with Gasteiger partial charge in [-0.1, -0.05) is 36.4 Å². The maximum atomic E-state index is 12.7. The first-order valence-electron chi connectivity index (χ1n) is 13.3. The molecule has 0 aliphatic carbocycles. The summed E-state index contributed by atoms with van der Waals surface area (Å²) in [6.07, 6.45) is 1.78. The summed E-state index contributed by atoms with van der Waals surface area (Å²) in [7, 11) is -3.63. The highest BCUT2D eigenvalue weighted by Gasteiger charge is 2.22. The first-order valence-corrected chi connectivity index (χ1v) is 14.7. The average Bonchev–Trinajstić information content (AvgIpc) is 2.92. The van der Waals surface area contributed by atoms with Crippen molar-refractivity contribution in [2.24, 2.45) is 0 Å². The SMILES string of the molecule is CC(=O)N1CCN(c2cccc(Nc3ncc4cccc(-c5ccc(S(=O)(=O)NC(C)(C)C)cc5)c4n3)c2)CC1. The van der Waals surface area contributed by atoms with Crippen molar-refractivity contribution in [1.29, 1.82) is 0 Å². The largest absolute Gasteiger partial charge is 0.368 e. The first-order chi connectivity index (χ1) is 19.0. The van der Waals surface area contributed by atoms with Crippen LogP contribution in [-0.2, 0) is 14.8 Å². The highest BCUT2D eigenvalue weighted by atomic mass is 32.2. The van der Waals surface area contributed by atoms with Crippen LogP contribution in [0.1, 0.15) is 27.7 Å². The molecule has 0 unspecified atom stereocenters. The molecule has 1 fully saturated rings. The van der Waals surface area contributed by atoms with Gasteiger partial charge in [0.15, 0.2) is 0 Å². The maximum absolute atomic E-state index is 12.7. The molecule has 1 aliphatic heterocycles. The molecule has 0 saturated carbocycles. The van der Waals surface area contributed by atoms with E-state index in [1.54, 1.807) is 37.4 Å². The fourth-order valence-corrected chi connectivity index (χ4v) is 6.23. The third kappa shape index (κ3) is 6.24. The van der Waals surface area contributed by atoms with Crippen LogP contribution in [0.15, 0.2) is 77.8 Å². The van der Waals surface area contributed by atoms with Crippen LogP contribution in [0.5, 0.6) is 0 Å². The molecule has 40 heavy (non-hydrogen) atoms. The number of benzene rings is 3. The van der Waals surface area contributed by atoms with Crippen LogP contribution in [0.25, 0.3) is 22.0 Å². The number of hydrogen-bond donors (Lipinski definition) is 2. The monoisotopic (exact) mass is 558 g/mol. The number of hydrogen-bond acceptors (Lipinski definition) is 7. The molecule has 0 radical (unpaired) electrons. The Hall–Kier alpha value is -4.02. The number of nitrogens with zero attached hydrogens (tertiary/aromatic N) is 4.